The van der Waals surface area contributed by atoms with Gasteiger partial charge < -0.3 is 24.8 Å². The van der Waals surface area contributed by atoms with E-state index in [1.807, 2.05) is 0 Å². The van der Waals surface area contributed by atoms with Gasteiger partial charge in [-0.1, -0.05) is 172 Å². The molecule has 0 N–H and O–H groups in total. The van der Waals surface area contributed by atoms with E-state index in [1.54, 1.807) is 29.8 Å². The maximum absolute atomic E-state index is 3.37. The molecule has 1 fully saturated rings. The Hall–Kier alpha value is -2.44. The summed E-state index contributed by atoms with van der Waals surface area (Å²) in [6.07, 6.45) is 15.0. The van der Waals surface area contributed by atoms with Crippen LogP contribution >= 0.6 is 0 Å². The maximum atomic E-state index is 3.37. The summed E-state index contributed by atoms with van der Waals surface area (Å²) < 4.78 is 1.51. The van der Waals surface area contributed by atoms with Crippen molar-refractivity contribution in [3.63, 3.8) is 0 Å². The van der Waals surface area contributed by atoms with Crippen LogP contribution in [0.4, 0.5) is 0 Å². The summed E-state index contributed by atoms with van der Waals surface area (Å²) in [5, 5.41) is 5.36. The van der Waals surface area contributed by atoms with Crippen molar-refractivity contribution in [3.8, 4) is 22.3 Å². The summed E-state index contributed by atoms with van der Waals surface area (Å²) in [5.74, 6) is 0.550. The topological polar surface area (TPSA) is 0 Å². The Labute approximate surface area is 343 Å². The zero-order chi connectivity index (χ0) is 36.3. The van der Waals surface area contributed by atoms with Crippen LogP contribution in [0.3, 0.4) is 0 Å². The van der Waals surface area contributed by atoms with E-state index in [-0.39, 0.29) is 35.6 Å². The molecule has 2 aliphatic rings. The van der Waals surface area contributed by atoms with Crippen LogP contribution in [0.15, 0.2) is 109 Å². The second-order valence-electron chi connectivity index (χ2n) is 17.2. The predicted octanol–water partition coefficient (Wildman–Crippen LogP) is 8.29. The zero-order valence-electron chi connectivity index (χ0n) is 33.2. The Balaban J connectivity index is 0.000000320. The van der Waals surface area contributed by atoms with Crippen LogP contribution in [0.5, 0.6) is 0 Å². The molecule has 52 heavy (non-hydrogen) atoms. The van der Waals surface area contributed by atoms with E-state index >= 15 is 0 Å². The molecule has 0 saturated heterocycles. The van der Waals surface area contributed by atoms with Crippen LogP contribution in [0, 0.1) is 17.4 Å². The fourth-order valence-corrected chi connectivity index (χ4v) is 7.64. The molecule has 3 heteroatoms. The molecule has 1 unspecified atom stereocenters. The smallest absolute Gasteiger partial charge is 1.00 e. The van der Waals surface area contributed by atoms with Gasteiger partial charge in [0.2, 0.25) is 0 Å². The first kappa shape index (κ1) is 44.0. The second-order valence-corrected chi connectivity index (χ2v) is 19.6. The Kier molecular flexibility index (Phi) is 15.4. The molecule has 0 heterocycles. The minimum atomic E-state index is 0. The van der Waals surface area contributed by atoms with Crippen LogP contribution in [0.25, 0.3) is 43.8 Å². The van der Waals surface area contributed by atoms with Crippen molar-refractivity contribution in [2.75, 3.05) is 0 Å². The first-order valence-corrected chi connectivity index (χ1v) is 20.0. The second kappa shape index (κ2) is 18.3. The van der Waals surface area contributed by atoms with Crippen molar-refractivity contribution in [3.05, 3.63) is 126 Å². The van der Waals surface area contributed by atoms with E-state index in [2.05, 4.69) is 178 Å². The van der Waals surface area contributed by atoms with Gasteiger partial charge in [-0.3, -0.25) is 6.08 Å². The molecular formula is C49H58Cl2Zr-2. The zero-order valence-corrected chi connectivity index (χ0v) is 37.2. The van der Waals surface area contributed by atoms with Gasteiger partial charge in [0.25, 0.3) is 0 Å². The van der Waals surface area contributed by atoms with Crippen molar-refractivity contribution in [2.24, 2.45) is 11.3 Å². The molecule has 1 atom stereocenters. The van der Waals surface area contributed by atoms with Crippen LogP contribution in [-0.2, 0) is 35.1 Å². The van der Waals surface area contributed by atoms with E-state index in [1.165, 1.54) is 90.2 Å². The molecule has 0 spiro atoms. The number of fused-ring (bicyclic) bond motifs is 3. The molecular weight excluding hydrogens is 751 g/mol. The summed E-state index contributed by atoms with van der Waals surface area (Å²) in [6, 6.07) is 33.7. The SMILES string of the molecule is CC(C)(C)c1cc2c(cc1-c1ccccc1)[cH-]c1cc(-c3ccccc3)c(C(C)(C)C)cc12.CC1[C-]=CC(C2(C)CCCCC2)=C1.C[C](C)=[Zr+2].[Cl-].[Cl-]. The average molecular weight is 809 g/mol. The van der Waals surface area contributed by atoms with Crippen molar-refractivity contribution >= 4 is 24.8 Å². The number of benzene rings is 4. The molecule has 1 saturated carbocycles. The number of rotatable bonds is 3. The Morgan fingerprint density at radius 2 is 1.10 bits per heavy atom. The van der Waals surface area contributed by atoms with E-state index in [0.717, 1.165) is 0 Å². The van der Waals surface area contributed by atoms with Crippen molar-refractivity contribution in [1.82, 2.24) is 0 Å². The number of allylic oxidation sites excluding steroid dienone is 4. The summed E-state index contributed by atoms with van der Waals surface area (Å²) in [6.45, 7) is 22.8. The summed E-state index contributed by atoms with van der Waals surface area (Å²) in [4.78, 5) is 0. The molecule has 0 nitrogen and oxygen atoms in total. The monoisotopic (exact) mass is 806 g/mol. The summed E-state index contributed by atoms with van der Waals surface area (Å²) in [7, 11) is 0. The van der Waals surface area contributed by atoms with Gasteiger partial charge in [-0.15, -0.1) is 39.7 Å². The summed E-state index contributed by atoms with van der Waals surface area (Å²) in [5.41, 5.74) is 10.2. The van der Waals surface area contributed by atoms with Gasteiger partial charge in [-0.2, -0.15) is 11.6 Å². The quantitative estimate of drug-likeness (QED) is 0.161. The molecule has 274 valence electrons. The number of hydrogen-bond acceptors (Lipinski definition) is 0. The van der Waals surface area contributed by atoms with Gasteiger partial charge >= 0.3 is 41.3 Å². The molecule has 0 aliphatic heterocycles. The Morgan fingerprint density at radius 1 is 0.692 bits per heavy atom. The third kappa shape index (κ3) is 10.6. The first-order chi connectivity index (χ1) is 23.6. The van der Waals surface area contributed by atoms with Crippen LogP contribution in [0.2, 0.25) is 0 Å². The van der Waals surface area contributed by atoms with Gasteiger partial charge in [0.1, 0.15) is 0 Å². The predicted molar refractivity (Wildman–Crippen MR) is 218 cm³/mol. The summed E-state index contributed by atoms with van der Waals surface area (Å²) >= 11 is 1.55. The molecule has 0 radical (unpaired) electrons. The average Bonchev–Trinajstić information content (AvgIpc) is 3.67. The minimum Gasteiger partial charge on any atom is -1.00 e. The Bertz CT molecular complexity index is 1870. The maximum Gasteiger partial charge on any atom is -1.00 e. The van der Waals surface area contributed by atoms with E-state index in [9.17, 15) is 0 Å². The van der Waals surface area contributed by atoms with Crippen molar-refractivity contribution in [2.45, 2.75) is 112 Å². The molecule has 7 rings (SSSR count). The van der Waals surface area contributed by atoms with Gasteiger partial charge in [0, 0.05) is 0 Å². The molecule has 5 aromatic rings. The fraction of sp³-hybridized carbons (Fsp3) is 0.388. The van der Waals surface area contributed by atoms with Crippen LogP contribution in [-0.4, -0.2) is 3.21 Å². The van der Waals surface area contributed by atoms with Gasteiger partial charge in [-0.05, 0) is 44.2 Å². The minimum absolute atomic E-state index is 0. The fourth-order valence-electron chi connectivity index (χ4n) is 7.64. The van der Waals surface area contributed by atoms with E-state index in [0.29, 0.717) is 11.3 Å². The van der Waals surface area contributed by atoms with Gasteiger partial charge in [-0.25, -0.2) is 6.08 Å². The van der Waals surface area contributed by atoms with E-state index in [4.69, 9.17) is 0 Å². The third-order valence-corrected chi connectivity index (χ3v) is 10.4. The van der Waals surface area contributed by atoms with Crippen molar-refractivity contribution in [1.29, 1.82) is 0 Å². The van der Waals surface area contributed by atoms with Gasteiger partial charge in [0.15, 0.2) is 0 Å². The molecule has 0 amide bonds. The molecule has 0 aromatic heterocycles. The normalized spacial score (nSPS) is 16.5. The van der Waals surface area contributed by atoms with Crippen molar-refractivity contribution < 1.29 is 49.0 Å². The standard InChI is InChI=1S/C33H33.C13H19.C3H6.2ClH.Zr/c1-32(2,3)30-20-26-24(18-28(30)22-13-9-7-10-14-22)17-25-19-29(23-15-11-8-12-16-23)31(21-27(25)26)33(4,5)6;1-11-6-7-12(10-11)13(2)8-4-3-5-9-13;1-3-2;;;/h7-21H,1-6H3;7,10-11H,3-5,8-9H2,1-2H3;1-2H3;2*1H;/q2*-1;;;;+2/p-2. The van der Waals surface area contributed by atoms with Gasteiger partial charge in [0.05, 0.1) is 0 Å². The van der Waals surface area contributed by atoms with Crippen LogP contribution < -0.4 is 24.8 Å². The van der Waals surface area contributed by atoms with Crippen LogP contribution in [0.1, 0.15) is 112 Å². The largest absolute Gasteiger partial charge is 1.00 e. The molecule has 5 aromatic carbocycles. The number of hydrogen-bond donors (Lipinski definition) is 0. The Morgan fingerprint density at radius 3 is 1.44 bits per heavy atom. The first-order valence-electron chi connectivity index (χ1n) is 18.7. The van der Waals surface area contributed by atoms with E-state index < -0.39 is 0 Å². The number of halogens is 2. The molecule has 0 bridgehead atoms. The molecule has 2 aliphatic carbocycles. The third-order valence-electron chi connectivity index (χ3n) is 10.4.